The Kier molecular flexibility index (Phi) is 5.69. The molecule has 11 heavy (non-hydrogen) atoms. The van der Waals surface area contributed by atoms with E-state index in [1.807, 2.05) is 0 Å². The van der Waals surface area contributed by atoms with Crippen LogP contribution in [0.1, 0.15) is 40.5 Å². The Balaban J connectivity index is 3.79. The van der Waals surface area contributed by atoms with Crippen LogP contribution in [0.3, 0.4) is 0 Å². The van der Waals surface area contributed by atoms with E-state index in [9.17, 15) is 0 Å². The maximum atomic E-state index is 5.88. The van der Waals surface area contributed by atoms with Crippen LogP contribution in [0.4, 0.5) is 0 Å². The SMILES string of the molecule is CCC(CC)OC(C)(C)CI. The fourth-order valence-corrected chi connectivity index (χ4v) is 1.12. The quantitative estimate of drug-likeness (QED) is 0.549. The maximum absolute atomic E-state index is 5.88. The summed E-state index contributed by atoms with van der Waals surface area (Å²) in [4.78, 5) is 0. The molecule has 0 amide bonds. The van der Waals surface area contributed by atoms with Crippen LogP contribution in [0, 0.1) is 0 Å². The predicted octanol–water partition coefficient (Wildman–Crippen LogP) is 3.41. The molecule has 0 radical (unpaired) electrons. The summed E-state index contributed by atoms with van der Waals surface area (Å²) in [5.74, 6) is 0. The summed E-state index contributed by atoms with van der Waals surface area (Å²) in [6.45, 7) is 8.66. The molecule has 0 fully saturated rings. The van der Waals surface area contributed by atoms with Crippen molar-refractivity contribution >= 4 is 22.6 Å². The van der Waals surface area contributed by atoms with Crippen LogP contribution in [0.2, 0.25) is 0 Å². The first-order chi connectivity index (χ1) is 5.05. The summed E-state index contributed by atoms with van der Waals surface area (Å²) in [5, 5.41) is 0. The highest BCUT2D eigenvalue weighted by atomic mass is 127. The van der Waals surface area contributed by atoms with Gasteiger partial charge in [-0.1, -0.05) is 36.4 Å². The van der Waals surface area contributed by atoms with Gasteiger partial charge in [0.15, 0.2) is 0 Å². The zero-order valence-corrected chi connectivity index (χ0v) is 10.1. The first-order valence-electron chi connectivity index (χ1n) is 4.29. The summed E-state index contributed by atoms with van der Waals surface area (Å²) in [6, 6.07) is 0. The zero-order chi connectivity index (χ0) is 8.91. The van der Waals surface area contributed by atoms with Crippen LogP contribution in [0.25, 0.3) is 0 Å². The van der Waals surface area contributed by atoms with Crippen molar-refractivity contribution in [1.29, 1.82) is 0 Å². The minimum Gasteiger partial charge on any atom is -0.372 e. The van der Waals surface area contributed by atoms with Gasteiger partial charge in [0, 0.05) is 4.43 Å². The van der Waals surface area contributed by atoms with Gasteiger partial charge in [-0.2, -0.15) is 0 Å². The van der Waals surface area contributed by atoms with Crippen LogP contribution in [0.5, 0.6) is 0 Å². The molecule has 0 saturated heterocycles. The van der Waals surface area contributed by atoms with Crippen LogP contribution in [-0.4, -0.2) is 16.1 Å². The summed E-state index contributed by atoms with van der Waals surface area (Å²) >= 11 is 2.37. The van der Waals surface area contributed by atoms with E-state index < -0.39 is 0 Å². The molecule has 0 unspecified atom stereocenters. The standard InChI is InChI=1S/C9H19IO/c1-5-8(6-2)11-9(3,4)7-10/h8H,5-7H2,1-4H3. The van der Waals surface area contributed by atoms with Gasteiger partial charge >= 0.3 is 0 Å². The van der Waals surface area contributed by atoms with Crippen molar-refractivity contribution < 1.29 is 4.74 Å². The van der Waals surface area contributed by atoms with Crippen molar-refractivity contribution in [1.82, 2.24) is 0 Å². The molecule has 0 aliphatic carbocycles. The highest BCUT2D eigenvalue weighted by molar-refractivity contribution is 14.1. The number of hydrogen-bond acceptors (Lipinski definition) is 1. The van der Waals surface area contributed by atoms with E-state index in [4.69, 9.17) is 4.74 Å². The zero-order valence-electron chi connectivity index (χ0n) is 7.98. The van der Waals surface area contributed by atoms with E-state index in [2.05, 4.69) is 50.3 Å². The van der Waals surface area contributed by atoms with E-state index >= 15 is 0 Å². The van der Waals surface area contributed by atoms with Crippen molar-refractivity contribution in [2.45, 2.75) is 52.2 Å². The third-order valence-electron chi connectivity index (χ3n) is 1.72. The van der Waals surface area contributed by atoms with Crippen molar-refractivity contribution in [2.75, 3.05) is 4.43 Å². The molecule has 0 aliphatic rings. The second-order valence-corrected chi connectivity index (χ2v) is 4.21. The Morgan fingerprint density at radius 2 is 1.73 bits per heavy atom. The van der Waals surface area contributed by atoms with Crippen molar-refractivity contribution in [2.24, 2.45) is 0 Å². The molecule has 0 aromatic rings. The molecule has 0 aliphatic heterocycles. The molecule has 0 spiro atoms. The lowest BCUT2D eigenvalue weighted by molar-refractivity contribution is -0.0573. The summed E-state index contributed by atoms with van der Waals surface area (Å²) in [7, 11) is 0. The van der Waals surface area contributed by atoms with Crippen LogP contribution in [0.15, 0.2) is 0 Å². The molecule has 0 aromatic carbocycles. The molecule has 1 nitrogen and oxygen atoms in total. The highest BCUT2D eigenvalue weighted by Gasteiger charge is 2.20. The Hall–Kier alpha value is 0.690. The van der Waals surface area contributed by atoms with Gasteiger partial charge in [-0.15, -0.1) is 0 Å². The van der Waals surface area contributed by atoms with Crippen LogP contribution >= 0.6 is 22.6 Å². The second kappa shape index (κ2) is 5.36. The van der Waals surface area contributed by atoms with Gasteiger partial charge in [0.25, 0.3) is 0 Å². The van der Waals surface area contributed by atoms with E-state index in [0.717, 1.165) is 17.3 Å². The molecule has 68 valence electrons. The summed E-state index contributed by atoms with van der Waals surface area (Å²) in [6.07, 6.45) is 2.69. The Morgan fingerprint density at radius 1 is 1.27 bits per heavy atom. The van der Waals surface area contributed by atoms with Gasteiger partial charge < -0.3 is 4.74 Å². The topological polar surface area (TPSA) is 9.23 Å². The minimum atomic E-state index is 0.0528. The van der Waals surface area contributed by atoms with Gasteiger partial charge in [-0.05, 0) is 26.7 Å². The van der Waals surface area contributed by atoms with E-state index in [0.29, 0.717) is 6.10 Å². The average molecular weight is 270 g/mol. The molecule has 2 heteroatoms. The van der Waals surface area contributed by atoms with E-state index in [1.165, 1.54) is 0 Å². The van der Waals surface area contributed by atoms with Gasteiger partial charge in [-0.3, -0.25) is 0 Å². The van der Waals surface area contributed by atoms with Crippen molar-refractivity contribution in [3.05, 3.63) is 0 Å². The fourth-order valence-electron chi connectivity index (χ4n) is 0.938. The number of rotatable bonds is 5. The molecular formula is C9H19IO. The molecule has 0 atom stereocenters. The van der Waals surface area contributed by atoms with Gasteiger partial charge in [0.2, 0.25) is 0 Å². The van der Waals surface area contributed by atoms with E-state index in [1.54, 1.807) is 0 Å². The lowest BCUT2D eigenvalue weighted by Crippen LogP contribution is -2.31. The minimum absolute atomic E-state index is 0.0528. The number of hydrogen-bond donors (Lipinski definition) is 0. The largest absolute Gasteiger partial charge is 0.372 e. The predicted molar refractivity (Wildman–Crippen MR) is 58.4 cm³/mol. The lowest BCUT2D eigenvalue weighted by Gasteiger charge is -2.28. The number of ether oxygens (including phenoxy) is 1. The van der Waals surface area contributed by atoms with E-state index in [-0.39, 0.29) is 5.60 Å². The first kappa shape index (κ1) is 11.7. The molecule has 0 N–H and O–H groups in total. The molecule has 0 saturated carbocycles. The van der Waals surface area contributed by atoms with Crippen molar-refractivity contribution in [3.63, 3.8) is 0 Å². The van der Waals surface area contributed by atoms with Gasteiger partial charge in [-0.25, -0.2) is 0 Å². The van der Waals surface area contributed by atoms with Gasteiger partial charge in [0.1, 0.15) is 0 Å². The second-order valence-electron chi connectivity index (χ2n) is 3.45. The molecule has 0 rings (SSSR count). The van der Waals surface area contributed by atoms with Crippen LogP contribution < -0.4 is 0 Å². The Labute approximate surface area is 84.0 Å². The normalized spacial score (nSPS) is 12.5. The van der Waals surface area contributed by atoms with Crippen molar-refractivity contribution in [3.8, 4) is 0 Å². The number of alkyl halides is 1. The Morgan fingerprint density at radius 3 is 2.00 bits per heavy atom. The number of halogens is 1. The monoisotopic (exact) mass is 270 g/mol. The van der Waals surface area contributed by atoms with Gasteiger partial charge in [0.05, 0.1) is 11.7 Å². The average Bonchev–Trinajstić information content (AvgIpc) is 2.00. The molecule has 0 heterocycles. The molecular weight excluding hydrogens is 251 g/mol. The molecule has 0 aromatic heterocycles. The smallest absolute Gasteiger partial charge is 0.0719 e. The Bertz CT molecular complexity index is 97.7. The molecule has 0 bridgehead atoms. The highest BCUT2D eigenvalue weighted by Crippen LogP contribution is 2.18. The third-order valence-corrected chi connectivity index (χ3v) is 3.56. The fraction of sp³-hybridized carbons (Fsp3) is 1.00. The summed E-state index contributed by atoms with van der Waals surface area (Å²) < 4.78 is 6.93. The maximum Gasteiger partial charge on any atom is 0.0719 e. The third kappa shape index (κ3) is 5.01. The van der Waals surface area contributed by atoms with Crippen LogP contribution in [-0.2, 0) is 4.74 Å². The summed E-state index contributed by atoms with van der Waals surface area (Å²) in [5.41, 5.74) is 0.0528. The lowest BCUT2D eigenvalue weighted by atomic mass is 10.1. The first-order valence-corrected chi connectivity index (χ1v) is 5.82.